The molecule has 0 bridgehead atoms. The van der Waals surface area contributed by atoms with E-state index < -0.39 is 0 Å². The Labute approximate surface area is 109 Å². The van der Waals surface area contributed by atoms with Crippen LogP contribution in [0.3, 0.4) is 0 Å². The van der Waals surface area contributed by atoms with Gasteiger partial charge in [0.05, 0.1) is 6.61 Å². The van der Waals surface area contributed by atoms with Crippen LogP contribution in [0.25, 0.3) is 0 Å². The van der Waals surface area contributed by atoms with Gasteiger partial charge in [-0.1, -0.05) is 12.1 Å². The topological polar surface area (TPSA) is 24.5 Å². The average Bonchev–Trinajstić information content (AvgIpc) is 2.87. The number of nitrogens with one attached hydrogen (secondary N) is 1. The highest BCUT2D eigenvalue weighted by atomic mass is 16.5. The molecule has 1 atom stereocenters. The molecule has 98 valence electrons. The summed E-state index contributed by atoms with van der Waals surface area (Å²) in [5, 5.41) is 3.48. The van der Waals surface area contributed by atoms with E-state index in [1.807, 2.05) is 0 Å². The van der Waals surface area contributed by atoms with Crippen molar-refractivity contribution in [1.82, 2.24) is 10.2 Å². The van der Waals surface area contributed by atoms with Crippen LogP contribution in [0.4, 0.5) is 0 Å². The van der Waals surface area contributed by atoms with Gasteiger partial charge in [0, 0.05) is 25.6 Å². The van der Waals surface area contributed by atoms with Gasteiger partial charge in [0.2, 0.25) is 0 Å². The molecule has 0 saturated carbocycles. The van der Waals surface area contributed by atoms with Gasteiger partial charge in [-0.25, -0.2) is 0 Å². The first-order valence-corrected chi connectivity index (χ1v) is 6.98. The van der Waals surface area contributed by atoms with Crippen molar-refractivity contribution in [3.8, 4) is 5.75 Å². The SMILES string of the molecule is CN(Cc1ccc2c(c1)CCO2)C1CCCNC1. The summed E-state index contributed by atoms with van der Waals surface area (Å²) in [6, 6.07) is 7.33. The molecule has 2 aliphatic rings. The molecule has 3 heteroatoms. The Balaban J connectivity index is 1.64. The van der Waals surface area contributed by atoms with Gasteiger partial charge in [-0.15, -0.1) is 0 Å². The van der Waals surface area contributed by atoms with E-state index in [0.29, 0.717) is 6.04 Å². The van der Waals surface area contributed by atoms with E-state index in [2.05, 4.69) is 35.5 Å². The van der Waals surface area contributed by atoms with Gasteiger partial charge in [-0.2, -0.15) is 0 Å². The lowest BCUT2D eigenvalue weighted by Crippen LogP contribution is -2.43. The Morgan fingerprint density at radius 3 is 3.22 bits per heavy atom. The zero-order valence-corrected chi connectivity index (χ0v) is 11.1. The van der Waals surface area contributed by atoms with Crippen LogP contribution in [-0.4, -0.2) is 37.7 Å². The number of hydrogen-bond acceptors (Lipinski definition) is 3. The average molecular weight is 246 g/mol. The maximum Gasteiger partial charge on any atom is 0.122 e. The van der Waals surface area contributed by atoms with E-state index in [4.69, 9.17) is 4.74 Å². The largest absolute Gasteiger partial charge is 0.493 e. The molecular weight excluding hydrogens is 224 g/mol. The number of fused-ring (bicyclic) bond motifs is 1. The summed E-state index contributed by atoms with van der Waals surface area (Å²) in [7, 11) is 2.24. The standard InChI is InChI=1S/C15H22N2O/c1-17(14-3-2-7-16-10-14)11-12-4-5-15-13(9-12)6-8-18-15/h4-5,9,14,16H,2-3,6-8,10-11H2,1H3. The van der Waals surface area contributed by atoms with E-state index in [-0.39, 0.29) is 0 Å². The van der Waals surface area contributed by atoms with Crippen LogP contribution in [-0.2, 0) is 13.0 Å². The Bertz CT molecular complexity index is 413. The van der Waals surface area contributed by atoms with Crippen molar-refractivity contribution >= 4 is 0 Å². The number of hydrogen-bond donors (Lipinski definition) is 1. The lowest BCUT2D eigenvalue weighted by atomic mass is 10.0. The maximum absolute atomic E-state index is 5.55. The molecule has 0 amide bonds. The van der Waals surface area contributed by atoms with Crippen LogP contribution in [0, 0.1) is 0 Å². The van der Waals surface area contributed by atoms with Crippen molar-refractivity contribution < 1.29 is 4.74 Å². The fourth-order valence-electron chi connectivity index (χ4n) is 2.96. The van der Waals surface area contributed by atoms with E-state index >= 15 is 0 Å². The van der Waals surface area contributed by atoms with Crippen molar-refractivity contribution in [2.24, 2.45) is 0 Å². The van der Waals surface area contributed by atoms with Crippen LogP contribution in [0.1, 0.15) is 24.0 Å². The first kappa shape index (κ1) is 12.0. The highest BCUT2D eigenvalue weighted by molar-refractivity contribution is 5.39. The molecule has 3 rings (SSSR count). The van der Waals surface area contributed by atoms with Crippen LogP contribution < -0.4 is 10.1 Å². The zero-order chi connectivity index (χ0) is 12.4. The van der Waals surface area contributed by atoms with Gasteiger partial charge in [-0.05, 0) is 43.6 Å². The third-order valence-electron chi connectivity index (χ3n) is 4.08. The molecule has 1 unspecified atom stereocenters. The molecular formula is C15H22N2O. The number of rotatable bonds is 3. The quantitative estimate of drug-likeness (QED) is 0.880. The fourth-order valence-corrected chi connectivity index (χ4v) is 2.96. The molecule has 1 aromatic carbocycles. The van der Waals surface area contributed by atoms with Crippen molar-refractivity contribution in [3.63, 3.8) is 0 Å². The minimum Gasteiger partial charge on any atom is -0.493 e. The summed E-state index contributed by atoms with van der Waals surface area (Å²) in [6.45, 7) is 4.20. The molecule has 0 aromatic heterocycles. The van der Waals surface area contributed by atoms with Gasteiger partial charge in [0.1, 0.15) is 5.75 Å². The Hall–Kier alpha value is -1.06. The highest BCUT2D eigenvalue weighted by Gasteiger charge is 2.18. The molecule has 0 aliphatic carbocycles. The molecule has 2 heterocycles. The summed E-state index contributed by atoms with van der Waals surface area (Å²) in [5.74, 6) is 1.08. The smallest absolute Gasteiger partial charge is 0.122 e. The molecule has 1 N–H and O–H groups in total. The molecule has 1 aromatic rings. The highest BCUT2D eigenvalue weighted by Crippen LogP contribution is 2.26. The lowest BCUT2D eigenvalue weighted by molar-refractivity contribution is 0.196. The number of ether oxygens (including phenoxy) is 1. The Morgan fingerprint density at radius 2 is 2.39 bits per heavy atom. The summed E-state index contributed by atoms with van der Waals surface area (Å²) >= 11 is 0. The molecule has 1 fully saturated rings. The number of nitrogens with zero attached hydrogens (tertiary/aromatic N) is 1. The predicted octanol–water partition coefficient (Wildman–Crippen LogP) is 1.81. The first-order chi connectivity index (χ1) is 8.83. The van der Waals surface area contributed by atoms with Crippen molar-refractivity contribution in [2.45, 2.75) is 31.8 Å². The second-order valence-corrected chi connectivity index (χ2v) is 5.46. The van der Waals surface area contributed by atoms with Crippen LogP contribution >= 0.6 is 0 Å². The number of likely N-dealkylation sites (N-methyl/N-ethyl adjacent to an activating group) is 1. The predicted molar refractivity (Wildman–Crippen MR) is 73.0 cm³/mol. The van der Waals surface area contributed by atoms with Crippen LogP contribution in [0.15, 0.2) is 18.2 Å². The van der Waals surface area contributed by atoms with Crippen LogP contribution in [0.5, 0.6) is 5.75 Å². The van der Waals surface area contributed by atoms with Crippen LogP contribution in [0.2, 0.25) is 0 Å². The first-order valence-electron chi connectivity index (χ1n) is 6.98. The molecule has 3 nitrogen and oxygen atoms in total. The van der Waals surface area contributed by atoms with E-state index in [1.165, 1.54) is 30.5 Å². The third kappa shape index (κ3) is 2.52. The second-order valence-electron chi connectivity index (χ2n) is 5.46. The minimum absolute atomic E-state index is 0.684. The summed E-state index contributed by atoms with van der Waals surface area (Å²) in [5.41, 5.74) is 2.79. The molecule has 18 heavy (non-hydrogen) atoms. The lowest BCUT2D eigenvalue weighted by Gasteiger charge is -2.31. The maximum atomic E-state index is 5.55. The fraction of sp³-hybridized carbons (Fsp3) is 0.600. The number of piperidine rings is 1. The summed E-state index contributed by atoms with van der Waals surface area (Å²) in [4.78, 5) is 2.48. The van der Waals surface area contributed by atoms with E-state index in [9.17, 15) is 0 Å². The normalized spacial score (nSPS) is 22.9. The van der Waals surface area contributed by atoms with Crippen molar-refractivity contribution in [1.29, 1.82) is 0 Å². The third-order valence-corrected chi connectivity index (χ3v) is 4.08. The molecule has 0 radical (unpaired) electrons. The van der Waals surface area contributed by atoms with Gasteiger partial charge in [-0.3, -0.25) is 4.90 Å². The monoisotopic (exact) mass is 246 g/mol. The summed E-state index contributed by atoms with van der Waals surface area (Å²) < 4.78 is 5.55. The van der Waals surface area contributed by atoms with Gasteiger partial charge < -0.3 is 10.1 Å². The Kier molecular flexibility index (Phi) is 3.52. The Morgan fingerprint density at radius 1 is 1.44 bits per heavy atom. The molecule has 1 saturated heterocycles. The molecule has 0 spiro atoms. The second kappa shape index (κ2) is 5.29. The van der Waals surface area contributed by atoms with Gasteiger partial charge in [0.25, 0.3) is 0 Å². The summed E-state index contributed by atoms with van der Waals surface area (Å²) in [6.07, 6.45) is 3.68. The van der Waals surface area contributed by atoms with E-state index in [1.54, 1.807) is 0 Å². The number of benzene rings is 1. The van der Waals surface area contributed by atoms with Gasteiger partial charge >= 0.3 is 0 Å². The molecule has 2 aliphatic heterocycles. The van der Waals surface area contributed by atoms with Gasteiger partial charge in [0.15, 0.2) is 0 Å². The zero-order valence-electron chi connectivity index (χ0n) is 11.1. The minimum atomic E-state index is 0.684. The van der Waals surface area contributed by atoms with E-state index in [0.717, 1.165) is 31.9 Å². The van der Waals surface area contributed by atoms with Crippen molar-refractivity contribution in [2.75, 3.05) is 26.7 Å². The van der Waals surface area contributed by atoms with Crippen molar-refractivity contribution in [3.05, 3.63) is 29.3 Å².